The Morgan fingerprint density at radius 1 is 1.17 bits per heavy atom. The first kappa shape index (κ1) is 17.9. The molecule has 1 aromatic heterocycles. The van der Waals surface area contributed by atoms with Crippen molar-refractivity contribution in [3.8, 4) is 0 Å². The first-order chi connectivity index (χ1) is 11.4. The summed E-state index contributed by atoms with van der Waals surface area (Å²) in [5, 5.41) is 6.29. The van der Waals surface area contributed by atoms with Gasteiger partial charge in [-0.15, -0.1) is 0 Å². The van der Waals surface area contributed by atoms with E-state index in [1.54, 1.807) is 30.6 Å². The van der Waals surface area contributed by atoms with Crippen LogP contribution in [0.1, 0.15) is 36.2 Å². The summed E-state index contributed by atoms with van der Waals surface area (Å²) in [6, 6.07) is 10.6. The van der Waals surface area contributed by atoms with E-state index in [4.69, 9.17) is 11.6 Å². The van der Waals surface area contributed by atoms with Crippen LogP contribution in [0.25, 0.3) is 0 Å². The van der Waals surface area contributed by atoms with Crippen molar-refractivity contribution < 1.29 is 9.59 Å². The maximum absolute atomic E-state index is 12.1. The van der Waals surface area contributed by atoms with Crippen LogP contribution in [0.15, 0.2) is 48.8 Å². The third kappa shape index (κ3) is 5.06. The number of benzene rings is 1. The average Bonchev–Trinajstić information content (AvgIpc) is 2.55. The molecule has 0 fully saturated rings. The fourth-order valence-corrected chi connectivity index (χ4v) is 2.45. The van der Waals surface area contributed by atoms with Crippen LogP contribution in [0.3, 0.4) is 0 Å². The summed E-state index contributed by atoms with van der Waals surface area (Å²) < 4.78 is 0. The van der Waals surface area contributed by atoms with Crippen molar-refractivity contribution in [2.45, 2.75) is 25.8 Å². The lowest BCUT2D eigenvalue weighted by atomic mass is 9.94. The molecular weight excluding hydrogens is 326 g/mol. The molecule has 0 aliphatic carbocycles. The van der Waals surface area contributed by atoms with Crippen LogP contribution in [0.4, 0.5) is 0 Å². The topological polar surface area (TPSA) is 71.1 Å². The number of rotatable bonds is 6. The van der Waals surface area contributed by atoms with E-state index in [1.165, 1.54) is 0 Å². The molecule has 0 unspecified atom stereocenters. The number of amides is 2. The zero-order chi connectivity index (χ0) is 17.6. The smallest absolute Gasteiger partial charge is 0.251 e. The molecule has 5 nitrogen and oxygen atoms in total. The van der Waals surface area contributed by atoms with E-state index in [0.717, 1.165) is 5.56 Å². The second-order valence-corrected chi connectivity index (χ2v) is 6.36. The SMILES string of the molecule is CC(C)(NC(=O)CCNC(=O)c1ccncc1)c1cccc(Cl)c1. The standard InChI is InChI=1S/C18H20ClN3O2/c1-18(2,14-4-3-5-15(19)12-14)22-16(23)8-11-21-17(24)13-6-9-20-10-7-13/h3-7,9-10,12H,8,11H2,1-2H3,(H,21,24)(H,22,23). The van der Waals surface area contributed by atoms with Gasteiger partial charge in [0.15, 0.2) is 0 Å². The summed E-state index contributed by atoms with van der Waals surface area (Å²) in [5.41, 5.74) is 0.894. The molecule has 1 heterocycles. The van der Waals surface area contributed by atoms with Gasteiger partial charge in [0.25, 0.3) is 5.91 Å². The van der Waals surface area contributed by atoms with Crippen LogP contribution in [-0.2, 0) is 10.3 Å². The van der Waals surface area contributed by atoms with Gasteiger partial charge in [0.05, 0.1) is 5.54 Å². The summed E-state index contributed by atoms with van der Waals surface area (Å²) in [6.45, 7) is 4.08. The van der Waals surface area contributed by atoms with Crippen molar-refractivity contribution in [3.63, 3.8) is 0 Å². The molecule has 2 N–H and O–H groups in total. The van der Waals surface area contributed by atoms with E-state index in [2.05, 4.69) is 15.6 Å². The van der Waals surface area contributed by atoms with Gasteiger partial charge in [0, 0.05) is 35.9 Å². The minimum absolute atomic E-state index is 0.144. The van der Waals surface area contributed by atoms with Crippen LogP contribution in [0, 0.1) is 0 Å². The molecule has 0 aliphatic rings. The molecule has 0 saturated carbocycles. The first-order valence-corrected chi connectivity index (χ1v) is 8.01. The lowest BCUT2D eigenvalue weighted by Gasteiger charge is -2.27. The number of pyridine rings is 1. The lowest BCUT2D eigenvalue weighted by molar-refractivity contribution is -0.122. The van der Waals surface area contributed by atoms with Gasteiger partial charge >= 0.3 is 0 Å². The summed E-state index contributed by atoms with van der Waals surface area (Å²) in [4.78, 5) is 27.9. The molecule has 0 bridgehead atoms. The fourth-order valence-electron chi connectivity index (χ4n) is 2.26. The van der Waals surface area contributed by atoms with Crippen LogP contribution in [0.2, 0.25) is 5.02 Å². The Balaban J connectivity index is 1.84. The molecule has 6 heteroatoms. The molecule has 0 radical (unpaired) electrons. The van der Waals surface area contributed by atoms with Crippen molar-refractivity contribution in [1.82, 2.24) is 15.6 Å². The highest BCUT2D eigenvalue weighted by Gasteiger charge is 2.22. The third-order valence-corrected chi connectivity index (χ3v) is 3.81. The Morgan fingerprint density at radius 2 is 1.88 bits per heavy atom. The Hall–Kier alpha value is -2.40. The number of nitrogens with one attached hydrogen (secondary N) is 2. The summed E-state index contributed by atoms with van der Waals surface area (Å²) in [7, 11) is 0. The second-order valence-electron chi connectivity index (χ2n) is 5.93. The molecule has 2 rings (SSSR count). The maximum atomic E-state index is 12.1. The van der Waals surface area contributed by atoms with Crippen LogP contribution in [-0.4, -0.2) is 23.3 Å². The van der Waals surface area contributed by atoms with Gasteiger partial charge < -0.3 is 10.6 Å². The Kier molecular flexibility index (Phi) is 5.93. The van der Waals surface area contributed by atoms with Crippen LogP contribution in [0.5, 0.6) is 0 Å². The van der Waals surface area contributed by atoms with Gasteiger partial charge in [-0.2, -0.15) is 0 Å². The third-order valence-electron chi connectivity index (χ3n) is 3.58. The van der Waals surface area contributed by atoms with Gasteiger partial charge in [0.2, 0.25) is 5.91 Å². The molecule has 0 saturated heterocycles. The van der Waals surface area contributed by atoms with Gasteiger partial charge in [-0.3, -0.25) is 14.6 Å². The number of nitrogens with zero attached hydrogens (tertiary/aromatic N) is 1. The Bertz CT molecular complexity index is 717. The number of halogens is 1. The molecule has 0 aliphatic heterocycles. The summed E-state index contributed by atoms with van der Waals surface area (Å²) in [5.74, 6) is -0.366. The normalized spacial score (nSPS) is 11.0. The minimum Gasteiger partial charge on any atom is -0.352 e. The van der Waals surface area contributed by atoms with Gasteiger partial charge in [-0.25, -0.2) is 0 Å². The second kappa shape index (κ2) is 7.93. The summed E-state index contributed by atoms with van der Waals surface area (Å²) in [6.07, 6.45) is 3.30. The number of hydrogen-bond acceptors (Lipinski definition) is 3. The fraction of sp³-hybridized carbons (Fsp3) is 0.278. The first-order valence-electron chi connectivity index (χ1n) is 7.64. The number of hydrogen-bond donors (Lipinski definition) is 2. The van der Waals surface area contributed by atoms with Crippen LogP contribution >= 0.6 is 11.6 Å². The molecule has 0 atom stereocenters. The van der Waals surface area contributed by atoms with Crippen molar-refractivity contribution in [2.24, 2.45) is 0 Å². The van der Waals surface area contributed by atoms with E-state index >= 15 is 0 Å². The van der Waals surface area contributed by atoms with E-state index in [-0.39, 0.29) is 24.8 Å². The van der Waals surface area contributed by atoms with Crippen molar-refractivity contribution in [3.05, 3.63) is 64.9 Å². The van der Waals surface area contributed by atoms with E-state index < -0.39 is 5.54 Å². The molecule has 2 amide bonds. The highest BCUT2D eigenvalue weighted by molar-refractivity contribution is 6.30. The number of aromatic nitrogens is 1. The summed E-state index contributed by atoms with van der Waals surface area (Å²) >= 11 is 6.00. The monoisotopic (exact) mass is 345 g/mol. The Morgan fingerprint density at radius 3 is 2.54 bits per heavy atom. The van der Waals surface area contributed by atoms with E-state index in [9.17, 15) is 9.59 Å². The molecule has 1 aromatic carbocycles. The van der Waals surface area contributed by atoms with E-state index in [0.29, 0.717) is 10.6 Å². The van der Waals surface area contributed by atoms with Crippen molar-refractivity contribution in [1.29, 1.82) is 0 Å². The quantitative estimate of drug-likeness (QED) is 0.845. The lowest BCUT2D eigenvalue weighted by Crippen LogP contribution is -2.42. The van der Waals surface area contributed by atoms with Crippen LogP contribution < -0.4 is 10.6 Å². The molecule has 0 spiro atoms. The average molecular weight is 346 g/mol. The predicted octanol–water partition coefficient (Wildman–Crippen LogP) is 2.91. The predicted molar refractivity (Wildman–Crippen MR) is 93.8 cm³/mol. The maximum Gasteiger partial charge on any atom is 0.251 e. The van der Waals surface area contributed by atoms with Gasteiger partial charge in [0.1, 0.15) is 0 Å². The molecule has 126 valence electrons. The highest BCUT2D eigenvalue weighted by atomic mass is 35.5. The van der Waals surface area contributed by atoms with Gasteiger partial charge in [-0.1, -0.05) is 23.7 Å². The van der Waals surface area contributed by atoms with Gasteiger partial charge in [-0.05, 0) is 43.7 Å². The Labute approximate surface area is 146 Å². The molecular formula is C18H20ClN3O2. The zero-order valence-electron chi connectivity index (χ0n) is 13.7. The van der Waals surface area contributed by atoms with Crippen molar-refractivity contribution in [2.75, 3.05) is 6.54 Å². The largest absolute Gasteiger partial charge is 0.352 e. The van der Waals surface area contributed by atoms with E-state index in [1.807, 2.05) is 32.0 Å². The number of carbonyl (C=O) groups is 2. The molecule has 24 heavy (non-hydrogen) atoms. The molecule has 2 aromatic rings. The van der Waals surface area contributed by atoms with Crippen molar-refractivity contribution >= 4 is 23.4 Å². The minimum atomic E-state index is -0.545. The number of carbonyl (C=O) groups excluding carboxylic acids is 2. The highest BCUT2D eigenvalue weighted by Crippen LogP contribution is 2.23. The zero-order valence-corrected chi connectivity index (χ0v) is 14.4.